The quantitative estimate of drug-likeness (QED) is 0.827. The molecule has 98 valence electrons. The molecule has 1 aromatic heterocycles. The number of carboxylic acids is 1. The lowest BCUT2D eigenvalue weighted by Crippen LogP contribution is -2.40. The lowest BCUT2D eigenvalue weighted by Gasteiger charge is -2.23. The Morgan fingerprint density at radius 2 is 2.00 bits per heavy atom. The molecule has 1 aliphatic rings. The third-order valence-corrected chi connectivity index (χ3v) is 3.36. The minimum Gasteiger partial charge on any atom is -0.481 e. The molecule has 1 saturated carbocycles. The number of aromatic amines is 1. The van der Waals surface area contributed by atoms with Crippen molar-refractivity contribution in [2.75, 3.05) is 0 Å². The van der Waals surface area contributed by atoms with Gasteiger partial charge in [0.05, 0.1) is 6.42 Å². The number of aliphatic carboxylic acids is 1. The Labute approximate surface area is 103 Å². The Morgan fingerprint density at radius 3 is 2.61 bits per heavy atom. The Hall–Kier alpha value is -1.85. The molecule has 1 aliphatic carbocycles. The molecule has 1 heterocycles. The van der Waals surface area contributed by atoms with Gasteiger partial charge in [-0.2, -0.15) is 0 Å². The number of H-pyrrole nitrogens is 1. The number of carbonyl (C=O) groups is 1. The van der Waals surface area contributed by atoms with Crippen molar-refractivity contribution < 1.29 is 9.90 Å². The largest absolute Gasteiger partial charge is 0.481 e. The van der Waals surface area contributed by atoms with E-state index in [2.05, 4.69) is 4.98 Å². The first-order valence-electron chi connectivity index (χ1n) is 6.14. The number of hydrogen-bond donors (Lipinski definition) is 2. The second-order valence-corrected chi connectivity index (χ2v) is 4.66. The van der Waals surface area contributed by atoms with Crippen LogP contribution in [0.15, 0.2) is 15.8 Å². The number of rotatable bonds is 3. The summed E-state index contributed by atoms with van der Waals surface area (Å²) >= 11 is 0. The van der Waals surface area contributed by atoms with E-state index < -0.39 is 17.2 Å². The van der Waals surface area contributed by atoms with E-state index >= 15 is 0 Å². The van der Waals surface area contributed by atoms with Crippen LogP contribution in [0.1, 0.15) is 43.7 Å². The van der Waals surface area contributed by atoms with Gasteiger partial charge >= 0.3 is 11.7 Å². The predicted molar refractivity (Wildman–Crippen MR) is 64.8 cm³/mol. The molecule has 0 bridgehead atoms. The fourth-order valence-electron chi connectivity index (χ4n) is 2.49. The van der Waals surface area contributed by atoms with Crippen molar-refractivity contribution in [1.29, 1.82) is 0 Å². The highest BCUT2D eigenvalue weighted by atomic mass is 16.4. The molecule has 0 atom stereocenters. The van der Waals surface area contributed by atoms with Crippen molar-refractivity contribution in [2.24, 2.45) is 0 Å². The lowest BCUT2D eigenvalue weighted by molar-refractivity contribution is -0.136. The summed E-state index contributed by atoms with van der Waals surface area (Å²) in [4.78, 5) is 37.0. The predicted octanol–water partition coefficient (Wildman–Crippen LogP) is 0.669. The van der Waals surface area contributed by atoms with Crippen LogP contribution < -0.4 is 11.2 Å². The SMILES string of the molecule is O=C(O)Cc1c[nH]c(=O)n(C2CCCCC2)c1=O. The highest BCUT2D eigenvalue weighted by Crippen LogP contribution is 2.25. The second kappa shape index (κ2) is 5.20. The maximum atomic E-state index is 12.1. The zero-order valence-corrected chi connectivity index (χ0v) is 10.0. The van der Waals surface area contributed by atoms with Gasteiger partial charge in [-0.1, -0.05) is 19.3 Å². The molecular weight excluding hydrogens is 236 g/mol. The molecule has 18 heavy (non-hydrogen) atoms. The smallest absolute Gasteiger partial charge is 0.328 e. The molecule has 0 aliphatic heterocycles. The van der Waals surface area contributed by atoms with E-state index in [1.54, 1.807) is 0 Å². The molecule has 6 heteroatoms. The molecule has 1 aromatic rings. The van der Waals surface area contributed by atoms with Crippen molar-refractivity contribution in [3.63, 3.8) is 0 Å². The van der Waals surface area contributed by atoms with E-state index in [-0.39, 0.29) is 18.0 Å². The van der Waals surface area contributed by atoms with Gasteiger partial charge in [0.2, 0.25) is 0 Å². The number of nitrogens with zero attached hydrogens (tertiary/aromatic N) is 1. The average molecular weight is 252 g/mol. The maximum Gasteiger partial charge on any atom is 0.328 e. The summed E-state index contributed by atoms with van der Waals surface area (Å²) in [6, 6.07) is -0.0938. The number of hydrogen-bond acceptors (Lipinski definition) is 3. The van der Waals surface area contributed by atoms with Gasteiger partial charge in [-0.15, -0.1) is 0 Å². The van der Waals surface area contributed by atoms with Crippen molar-refractivity contribution >= 4 is 5.97 Å². The summed E-state index contributed by atoms with van der Waals surface area (Å²) in [7, 11) is 0. The fraction of sp³-hybridized carbons (Fsp3) is 0.583. The van der Waals surface area contributed by atoms with Gasteiger partial charge in [-0.3, -0.25) is 14.2 Å². The van der Waals surface area contributed by atoms with Crippen LogP contribution in [-0.4, -0.2) is 20.6 Å². The van der Waals surface area contributed by atoms with Crippen LogP contribution in [0.25, 0.3) is 0 Å². The van der Waals surface area contributed by atoms with Crippen LogP contribution in [-0.2, 0) is 11.2 Å². The normalized spacial score (nSPS) is 16.7. The monoisotopic (exact) mass is 252 g/mol. The molecule has 0 spiro atoms. The van der Waals surface area contributed by atoms with Crippen molar-refractivity contribution in [2.45, 2.75) is 44.6 Å². The highest BCUT2D eigenvalue weighted by molar-refractivity contribution is 5.69. The summed E-state index contributed by atoms with van der Waals surface area (Å²) in [6.45, 7) is 0. The van der Waals surface area contributed by atoms with E-state index in [1.807, 2.05) is 0 Å². The molecule has 2 N–H and O–H groups in total. The summed E-state index contributed by atoms with van der Waals surface area (Å²) in [5.41, 5.74) is -0.776. The topological polar surface area (TPSA) is 92.2 Å². The van der Waals surface area contributed by atoms with Crippen LogP contribution >= 0.6 is 0 Å². The van der Waals surface area contributed by atoms with Gasteiger partial charge in [0, 0.05) is 17.8 Å². The van der Waals surface area contributed by atoms with Crippen molar-refractivity contribution in [3.8, 4) is 0 Å². The Morgan fingerprint density at radius 1 is 1.33 bits per heavy atom. The lowest BCUT2D eigenvalue weighted by atomic mass is 9.95. The molecule has 2 rings (SSSR count). The van der Waals surface area contributed by atoms with E-state index in [4.69, 9.17) is 5.11 Å². The van der Waals surface area contributed by atoms with Gasteiger partial charge in [-0.25, -0.2) is 4.79 Å². The Bertz CT molecular complexity index is 552. The van der Waals surface area contributed by atoms with Gasteiger partial charge in [-0.05, 0) is 12.8 Å². The van der Waals surface area contributed by atoms with Crippen LogP contribution in [0.3, 0.4) is 0 Å². The first-order chi connectivity index (χ1) is 8.59. The molecule has 0 aromatic carbocycles. The minimum absolute atomic E-state index is 0.0938. The van der Waals surface area contributed by atoms with Gasteiger partial charge < -0.3 is 10.1 Å². The summed E-state index contributed by atoms with van der Waals surface area (Å²) in [5, 5.41) is 8.72. The third-order valence-electron chi connectivity index (χ3n) is 3.36. The van der Waals surface area contributed by atoms with Gasteiger partial charge in [0.25, 0.3) is 5.56 Å². The molecule has 6 nitrogen and oxygen atoms in total. The zero-order chi connectivity index (χ0) is 13.1. The van der Waals surface area contributed by atoms with E-state index in [0.717, 1.165) is 32.1 Å². The third kappa shape index (κ3) is 2.52. The fourth-order valence-corrected chi connectivity index (χ4v) is 2.49. The van der Waals surface area contributed by atoms with Crippen LogP contribution in [0.4, 0.5) is 0 Å². The second-order valence-electron chi connectivity index (χ2n) is 4.66. The van der Waals surface area contributed by atoms with Crippen molar-refractivity contribution in [1.82, 2.24) is 9.55 Å². The van der Waals surface area contributed by atoms with Crippen LogP contribution in [0.2, 0.25) is 0 Å². The van der Waals surface area contributed by atoms with Crippen molar-refractivity contribution in [3.05, 3.63) is 32.6 Å². The van der Waals surface area contributed by atoms with Gasteiger partial charge in [0.15, 0.2) is 0 Å². The summed E-state index contributed by atoms with van der Waals surface area (Å²) in [6.07, 6.45) is 5.58. The van der Waals surface area contributed by atoms with Crippen LogP contribution in [0.5, 0.6) is 0 Å². The standard InChI is InChI=1S/C12H16N2O4/c15-10(16)6-8-7-13-12(18)14(11(8)17)9-4-2-1-3-5-9/h7,9H,1-6H2,(H,13,18)(H,15,16). The number of nitrogens with one attached hydrogen (secondary N) is 1. The number of carboxylic acid groups (broad SMARTS) is 1. The number of aromatic nitrogens is 2. The maximum absolute atomic E-state index is 12.1. The average Bonchev–Trinajstić information content (AvgIpc) is 2.34. The zero-order valence-electron chi connectivity index (χ0n) is 10.0. The van der Waals surface area contributed by atoms with E-state index in [1.165, 1.54) is 10.8 Å². The first-order valence-corrected chi connectivity index (χ1v) is 6.14. The molecule has 0 amide bonds. The Kier molecular flexibility index (Phi) is 3.64. The summed E-state index contributed by atoms with van der Waals surface area (Å²) < 4.78 is 1.19. The Balaban J connectivity index is 2.42. The molecular formula is C12H16N2O4. The first kappa shape index (κ1) is 12.6. The highest BCUT2D eigenvalue weighted by Gasteiger charge is 2.20. The minimum atomic E-state index is -1.07. The van der Waals surface area contributed by atoms with Gasteiger partial charge in [0.1, 0.15) is 0 Å². The van der Waals surface area contributed by atoms with Crippen LogP contribution in [0, 0.1) is 0 Å². The molecule has 0 unspecified atom stereocenters. The summed E-state index contributed by atoms with van der Waals surface area (Å²) in [5.74, 6) is -1.07. The molecule has 0 saturated heterocycles. The molecule has 1 fully saturated rings. The van der Waals surface area contributed by atoms with E-state index in [0.29, 0.717) is 0 Å². The van der Waals surface area contributed by atoms with E-state index in [9.17, 15) is 14.4 Å². The molecule has 0 radical (unpaired) electrons.